The summed E-state index contributed by atoms with van der Waals surface area (Å²) in [7, 11) is 0. The third kappa shape index (κ3) is 1.42. The molecule has 2 nitrogen and oxygen atoms in total. The molecule has 0 bridgehead atoms. The van der Waals surface area contributed by atoms with Crippen LogP contribution in [0.1, 0.15) is 36.1 Å². The lowest BCUT2D eigenvalue weighted by Gasteiger charge is -2.51. The summed E-state index contributed by atoms with van der Waals surface area (Å²) in [4.78, 5) is 5.80. The second-order valence-electron chi connectivity index (χ2n) is 6.74. The van der Waals surface area contributed by atoms with E-state index in [1.165, 1.54) is 11.1 Å². The van der Waals surface area contributed by atoms with Crippen LogP contribution in [0, 0.1) is 17.2 Å². The van der Waals surface area contributed by atoms with Crippen molar-refractivity contribution in [2.45, 2.75) is 34.3 Å². The molecule has 2 heterocycles. The molecule has 23 heavy (non-hydrogen) atoms. The first-order valence-electron chi connectivity index (χ1n) is 7.57. The standard InChI is InChI=1S/C18H12BrClN2S/c1-17-9(7-21)4-14-12-5-10(19)2-3-13(12)18(14,17)23-15-6-11(20)8-22-16(15)17/h2-3,5-6,8-9,14H,4H2,1H3/t9-,14?,17?,18-/m0/s1. The van der Waals surface area contributed by atoms with Crippen molar-refractivity contribution in [2.24, 2.45) is 5.92 Å². The van der Waals surface area contributed by atoms with Crippen LogP contribution < -0.4 is 0 Å². The van der Waals surface area contributed by atoms with Gasteiger partial charge in [-0.3, -0.25) is 4.98 Å². The van der Waals surface area contributed by atoms with Crippen molar-refractivity contribution in [1.29, 1.82) is 5.26 Å². The Balaban J connectivity index is 1.81. The third-order valence-electron chi connectivity index (χ3n) is 5.96. The van der Waals surface area contributed by atoms with Gasteiger partial charge in [-0.25, -0.2) is 0 Å². The molecule has 1 aliphatic heterocycles. The minimum absolute atomic E-state index is 0.0268. The summed E-state index contributed by atoms with van der Waals surface area (Å²) >= 11 is 11.6. The predicted octanol–water partition coefficient (Wildman–Crippen LogP) is 5.40. The number of hydrogen-bond acceptors (Lipinski definition) is 3. The van der Waals surface area contributed by atoms with Gasteiger partial charge in [-0.2, -0.15) is 5.26 Å². The van der Waals surface area contributed by atoms with Gasteiger partial charge in [0.1, 0.15) is 0 Å². The summed E-state index contributed by atoms with van der Waals surface area (Å²) < 4.78 is 1.04. The van der Waals surface area contributed by atoms with Gasteiger partial charge < -0.3 is 0 Å². The number of nitrogens with zero attached hydrogens (tertiary/aromatic N) is 2. The Morgan fingerprint density at radius 1 is 1.43 bits per heavy atom. The van der Waals surface area contributed by atoms with Crippen LogP contribution >= 0.6 is 39.3 Å². The van der Waals surface area contributed by atoms with Crippen LogP contribution in [0.25, 0.3) is 0 Å². The molecule has 2 aliphatic carbocycles. The van der Waals surface area contributed by atoms with Crippen molar-refractivity contribution in [1.82, 2.24) is 4.98 Å². The average molecular weight is 404 g/mol. The van der Waals surface area contributed by atoms with E-state index in [0.717, 1.165) is 21.5 Å². The molecular formula is C18H12BrClN2S. The van der Waals surface area contributed by atoms with Gasteiger partial charge in [0, 0.05) is 26.9 Å². The Hall–Kier alpha value is -1.02. The van der Waals surface area contributed by atoms with Gasteiger partial charge in [0.15, 0.2) is 0 Å². The number of fused-ring (bicyclic) bond motifs is 4. The number of hydrogen-bond donors (Lipinski definition) is 0. The fourth-order valence-electron chi connectivity index (χ4n) is 4.97. The van der Waals surface area contributed by atoms with Gasteiger partial charge in [0.05, 0.1) is 27.5 Å². The highest BCUT2D eigenvalue weighted by Gasteiger charge is 2.74. The number of halogens is 2. The molecule has 1 fully saturated rings. The highest BCUT2D eigenvalue weighted by Crippen LogP contribution is 2.80. The summed E-state index contributed by atoms with van der Waals surface area (Å²) in [5.74, 6) is 0.378. The van der Waals surface area contributed by atoms with E-state index in [1.807, 2.05) is 17.8 Å². The van der Waals surface area contributed by atoms with Gasteiger partial charge in [-0.1, -0.05) is 40.5 Å². The van der Waals surface area contributed by atoms with Crippen LogP contribution in [0.5, 0.6) is 0 Å². The maximum Gasteiger partial charge on any atom is 0.0666 e. The lowest BCUT2D eigenvalue weighted by molar-refractivity contribution is 0.310. The fourth-order valence-corrected chi connectivity index (χ4v) is 7.58. The van der Waals surface area contributed by atoms with E-state index < -0.39 is 0 Å². The normalized spacial score (nSPS) is 35.6. The van der Waals surface area contributed by atoms with Gasteiger partial charge in [0.25, 0.3) is 0 Å². The Morgan fingerprint density at radius 3 is 3.04 bits per heavy atom. The van der Waals surface area contributed by atoms with Crippen LogP contribution in [0.4, 0.5) is 0 Å². The van der Waals surface area contributed by atoms with E-state index in [2.05, 4.69) is 52.1 Å². The lowest BCUT2D eigenvalue weighted by Crippen LogP contribution is -2.48. The minimum atomic E-state index is -0.252. The van der Waals surface area contributed by atoms with E-state index >= 15 is 0 Å². The fraction of sp³-hybridized carbons (Fsp3) is 0.333. The van der Waals surface area contributed by atoms with Gasteiger partial charge in [-0.05, 0) is 35.7 Å². The molecule has 5 heteroatoms. The van der Waals surface area contributed by atoms with Crippen molar-refractivity contribution in [2.75, 3.05) is 0 Å². The smallest absolute Gasteiger partial charge is 0.0666 e. The number of aromatic nitrogens is 1. The van der Waals surface area contributed by atoms with Crippen LogP contribution in [0.3, 0.4) is 0 Å². The number of nitriles is 1. The quantitative estimate of drug-likeness (QED) is 0.591. The van der Waals surface area contributed by atoms with Crippen molar-refractivity contribution in [3.63, 3.8) is 0 Å². The van der Waals surface area contributed by atoms with E-state index in [4.69, 9.17) is 11.6 Å². The number of thioether (sulfide) groups is 1. The highest BCUT2D eigenvalue weighted by molar-refractivity contribution is 9.10. The molecule has 2 aromatic rings. The van der Waals surface area contributed by atoms with E-state index in [-0.39, 0.29) is 16.1 Å². The first-order valence-corrected chi connectivity index (χ1v) is 9.55. The SMILES string of the molecule is CC12c3ncc(Cl)cc3S[C@]13c1ccc(Br)cc1C3C[C@H]2C#N. The number of benzene rings is 1. The Labute approximate surface area is 152 Å². The first kappa shape index (κ1) is 14.3. The van der Waals surface area contributed by atoms with Crippen LogP contribution in [-0.4, -0.2) is 4.98 Å². The van der Waals surface area contributed by atoms with E-state index in [1.54, 1.807) is 6.20 Å². The summed E-state index contributed by atoms with van der Waals surface area (Å²) in [6.45, 7) is 2.23. The zero-order valence-electron chi connectivity index (χ0n) is 12.3. The largest absolute Gasteiger partial charge is 0.258 e. The summed E-state index contributed by atoms with van der Waals surface area (Å²) in [6, 6.07) is 11.1. The number of pyridine rings is 1. The number of rotatable bonds is 0. The van der Waals surface area contributed by atoms with E-state index in [9.17, 15) is 5.26 Å². The molecule has 0 radical (unpaired) electrons. The van der Waals surface area contributed by atoms with Crippen LogP contribution in [0.2, 0.25) is 5.02 Å². The molecule has 1 saturated carbocycles. The van der Waals surface area contributed by atoms with Crippen molar-refractivity contribution in [3.05, 3.63) is 56.8 Å². The van der Waals surface area contributed by atoms with Crippen LogP contribution in [-0.2, 0) is 10.2 Å². The molecule has 3 aliphatic rings. The average Bonchev–Trinajstić information content (AvgIpc) is 2.90. The third-order valence-corrected chi connectivity index (χ3v) is 8.44. The maximum atomic E-state index is 9.83. The molecule has 2 unspecified atom stereocenters. The summed E-state index contributed by atoms with van der Waals surface area (Å²) in [5.41, 5.74) is 3.55. The zero-order chi connectivity index (χ0) is 16.0. The summed E-state index contributed by atoms with van der Waals surface area (Å²) in [5, 5.41) is 10.5. The Morgan fingerprint density at radius 2 is 2.26 bits per heavy atom. The monoisotopic (exact) mass is 402 g/mol. The van der Waals surface area contributed by atoms with Gasteiger partial charge in [0.2, 0.25) is 0 Å². The second kappa shape index (κ2) is 4.33. The molecule has 114 valence electrons. The van der Waals surface area contributed by atoms with Crippen LogP contribution in [0.15, 0.2) is 39.8 Å². The molecule has 1 aromatic heterocycles. The van der Waals surface area contributed by atoms with E-state index in [0.29, 0.717) is 10.9 Å². The zero-order valence-corrected chi connectivity index (χ0v) is 15.5. The van der Waals surface area contributed by atoms with Crippen molar-refractivity contribution >= 4 is 39.3 Å². The molecule has 0 amide bonds. The van der Waals surface area contributed by atoms with Gasteiger partial charge in [-0.15, -0.1) is 11.8 Å². The molecule has 0 N–H and O–H groups in total. The lowest BCUT2D eigenvalue weighted by atomic mass is 9.59. The molecular weight excluding hydrogens is 392 g/mol. The van der Waals surface area contributed by atoms with Crippen molar-refractivity contribution < 1.29 is 0 Å². The second-order valence-corrected chi connectivity index (χ2v) is 9.38. The molecule has 5 rings (SSSR count). The Kier molecular flexibility index (Phi) is 2.70. The van der Waals surface area contributed by atoms with Crippen molar-refractivity contribution in [3.8, 4) is 6.07 Å². The minimum Gasteiger partial charge on any atom is -0.258 e. The molecule has 1 spiro atoms. The summed E-state index contributed by atoms with van der Waals surface area (Å²) in [6.07, 6.45) is 2.63. The molecule has 4 atom stereocenters. The highest BCUT2D eigenvalue weighted by atomic mass is 79.9. The molecule has 1 aromatic carbocycles. The Bertz CT molecular complexity index is 924. The predicted molar refractivity (Wildman–Crippen MR) is 94.7 cm³/mol. The van der Waals surface area contributed by atoms with Gasteiger partial charge >= 0.3 is 0 Å². The maximum absolute atomic E-state index is 9.83. The topological polar surface area (TPSA) is 36.7 Å². The first-order chi connectivity index (χ1) is 11.0. The molecule has 0 saturated heterocycles.